The average Bonchev–Trinajstić information content (AvgIpc) is 3.24. The molecule has 0 saturated heterocycles. The van der Waals surface area contributed by atoms with Gasteiger partial charge in [-0.15, -0.1) is 5.10 Å². The van der Waals surface area contributed by atoms with Gasteiger partial charge in [0.1, 0.15) is 0 Å². The van der Waals surface area contributed by atoms with Crippen LogP contribution in [-0.2, 0) is 9.53 Å². The first kappa shape index (κ1) is 15.4. The smallest absolute Gasteiger partial charge is 0.378 e. The molecule has 1 fully saturated rings. The van der Waals surface area contributed by atoms with E-state index in [0.29, 0.717) is 11.7 Å². The summed E-state index contributed by atoms with van der Waals surface area (Å²) in [6.45, 7) is 5.30. The summed E-state index contributed by atoms with van der Waals surface area (Å²) in [5.41, 5.74) is 1.60. The fraction of sp³-hybridized carbons (Fsp3) is 0.533. The van der Waals surface area contributed by atoms with Crippen molar-refractivity contribution in [2.24, 2.45) is 5.92 Å². The van der Waals surface area contributed by atoms with Gasteiger partial charge in [0.15, 0.2) is 6.61 Å². The van der Waals surface area contributed by atoms with E-state index in [1.807, 2.05) is 26.8 Å². The maximum Gasteiger partial charge on any atom is 0.378 e. The highest BCUT2D eigenvalue weighted by Gasteiger charge is 2.29. The molecule has 1 aliphatic carbocycles. The second-order valence-corrected chi connectivity index (χ2v) is 5.96. The van der Waals surface area contributed by atoms with E-state index in [-0.39, 0.29) is 24.4 Å². The Labute approximate surface area is 133 Å². The van der Waals surface area contributed by atoms with Gasteiger partial charge in [0.2, 0.25) is 0 Å². The van der Waals surface area contributed by atoms with Gasteiger partial charge in [0.05, 0.1) is 0 Å². The number of carbonyl (C=O) groups excluding carboxylic acids is 2. The summed E-state index contributed by atoms with van der Waals surface area (Å²) in [7, 11) is 0. The topological polar surface area (TPSA) is 98.5 Å². The largest absolute Gasteiger partial charge is 0.450 e. The van der Waals surface area contributed by atoms with Gasteiger partial charge in [-0.3, -0.25) is 4.79 Å². The number of fused-ring (bicyclic) bond motifs is 1. The maximum atomic E-state index is 12.0. The standard InChI is InChI=1S/C15H19N5O3/c1-8-6-9(2)20-15(16-8)18-13(19-20)14(22)23-7-12(21)17-10(3)11-4-5-11/h6,10-11H,4-5,7H2,1-3H3,(H,17,21)/t10-/m0/s1. The van der Waals surface area contributed by atoms with Crippen molar-refractivity contribution in [3.8, 4) is 0 Å². The lowest BCUT2D eigenvalue weighted by Crippen LogP contribution is -2.37. The highest BCUT2D eigenvalue weighted by Crippen LogP contribution is 2.32. The number of aromatic nitrogens is 4. The van der Waals surface area contributed by atoms with E-state index in [1.165, 1.54) is 4.52 Å². The summed E-state index contributed by atoms with van der Waals surface area (Å²) in [6, 6.07) is 1.95. The van der Waals surface area contributed by atoms with Crippen molar-refractivity contribution in [1.29, 1.82) is 0 Å². The van der Waals surface area contributed by atoms with E-state index in [9.17, 15) is 9.59 Å². The van der Waals surface area contributed by atoms with E-state index in [0.717, 1.165) is 24.2 Å². The van der Waals surface area contributed by atoms with Crippen LogP contribution in [-0.4, -0.2) is 44.1 Å². The monoisotopic (exact) mass is 317 g/mol. The minimum atomic E-state index is -0.734. The molecule has 122 valence electrons. The molecule has 0 bridgehead atoms. The molecular weight excluding hydrogens is 298 g/mol. The van der Waals surface area contributed by atoms with Crippen molar-refractivity contribution in [2.45, 2.75) is 39.7 Å². The second-order valence-electron chi connectivity index (χ2n) is 5.96. The lowest BCUT2D eigenvalue weighted by atomic mass is 10.2. The number of hydrogen-bond donors (Lipinski definition) is 1. The molecule has 2 aromatic heterocycles. The third-order valence-corrected chi connectivity index (χ3v) is 3.85. The van der Waals surface area contributed by atoms with E-state index in [2.05, 4.69) is 20.4 Å². The zero-order chi connectivity index (χ0) is 16.6. The van der Waals surface area contributed by atoms with Crippen LogP contribution in [0, 0.1) is 19.8 Å². The van der Waals surface area contributed by atoms with Crippen LogP contribution in [0.3, 0.4) is 0 Å². The zero-order valence-corrected chi connectivity index (χ0v) is 13.4. The highest BCUT2D eigenvalue weighted by molar-refractivity contribution is 5.88. The number of carbonyl (C=O) groups is 2. The molecule has 1 aliphatic rings. The van der Waals surface area contributed by atoms with Gasteiger partial charge in [-0.1, -0.05) is 0 Å². The van der Waals surface area contributed by atoms with Gasteiger partial charge in [-0.2, -0.15) is 4.98 Å². The Morgan fingerprint density at radius 1 is 1.39 bits per heavy atom. The first-order valence-electron chi connectivity index (χ1n) is 7.61. The number of aryl methyl sites for hydroxylation is 2. The normalized spacial score (nSPS) is 15.4. The molecule has 0 unspecified atom stereocenters. The van der Waals surface area contributed by atoms with Crippen LogP contribution in [0.1, 0.15) is 41.8 Å². The molecule has 0 radical (unpaired) electrons. The molecule has 1 N–H and O–H groups in total. The number of ether oxygens (including phenoxy) is 1. The second kappa shape index (κ2) is 5.94. The summed E-state index contributed by atoms with van der Waals surface area (Å²) in [6.07, 6.45) is 2.27. The van der Waals surface area contributed by atoms with E-state index in [1.54, 1.807) is 0 Å². The first-order valence-corrected chi connectivity index (χ1v) is 7.61. The molecule has 1 amide bonds. The van der Waals surface area contributed by atoms with Gasteiger partial charge in [-0.25, -0.2) is 14.3 Å². The van der Waals surface area contributed by atoms with Gasteiger partial charge in [0.25, 0.3) is 17.5 Å². The van der Waals surface area contributed by atoms with E-state index >= 15 is 0 Å². The van der Waals surface area contributed by atoms with Crippen LogP contribution in [0.4, 0.5) is 0 Å². The van der Waals surface area contributed by atoms with Crippen molar-refractivity contribution in [3.05, 3.63) is 23.3 Å². The molecule has 1 atom stereocenters. The van der Waals surface area contributed by atoms with Crippen LogP contribution in [0.15, 0.2) is 6.07 Å². The van der Waals surface area contributed by atoms with Gasteiger partial charge in [0, 0.05) is 17.4 Å². The fourth-order valence-corrected chi connectivity index (χ4v) is 2.46. The highest BCUT2D eigenvalue weighted by atomic mass is 16.5. The third kappa shape index (κ3) is 3.46. The predicted octanol–water partition coefficient (Wildman–Crippen LogP) is 0.813. The summed E-state index contributed by atoms with van der Waals surface area (Å²) in [5.74, 6) is -0.268. The number of nitrogens with one attached hydrogen (secondary N) is 1. The Hall–Kier alpha value is -2.51. The number of esters is 1. The maximum absolute atomic E-state index is 12.0. The summed E-state index contributed by atoms with van der Waals surface area (Å²) in [4.78, 5) is 32.0. The quantitative estimate of drug-likeness (QED) is 0.820. The fourth-order valence-electron chi connectivity index (χ4n) is 2.46. The van der Waals surface area contributed by atoms with Crippen molar-refractivity contribution in [1.82, 2.24) is 24.9 Å². The Balaban J connectivity index is 1.61. The molecule has 8 heteroatoms. The van der Waals surface area contributed by atoms with Crippen LogP contribution < -0.4 is 5.32 Å². The van der Waals surface area contributed by atoms with Crippen molar-refractivity contribution >= 4 is 17.7 Å². The molecule has 23 heavy (non-hydrogen) atoms. The molecule has 3 rings (SSSR count). The van der Waals surface area contributed by atoms with Gasteiger partial charge in [-0.05, 0) is 45.6 Å². The van der Waals surface area contributed by atoms with Crippen molar-refractivity contribution in [3.63, 3.8) is 0 Å². The Bertz CT molecular complexity index is 766. The van der Waals surface area contributed by atoms with Crippen molar-refractivity contribution in [2.75, 3.05) is 6.61 Å². The number of amides is 1. The number of hydrogen-bond acceptors (Lipinski definition) is 6. The van der Waals surface area contributed by atoms with Crippen molar-refractivity contribution < 1.29 is 14.3 Å². The Morgan fingerprint density at radius 3 is 2.83 bits per heavy atom. The minimum absolute atomic E-state index is 0.103. The van der Waals surface area contributed by atoms with Crippen LogP contribution in [0.25, 0.3) is 5.78 Å². The number of nitrogens with zero attached hydrogens (tertiary/aromatic N) is 4. The van der Waals surface area contributed by atoms with Crippen LogP contribution in [0.2, 0.25) is 0 Å². The molecule has 2 heterocycles. The Kier molecular flexibility index (Phi) is 3.97. The lowest BCUT2D eigenvalue weighted by Gasteiger charge is -2.12. The molecule has 0 aliphatic heterocycles. The van der Waals surface area contributed by atoms with Crippen LogP contribution in [0.5, 0.6) is 0 Å². The first-order chi connectivity index (χ1) is 10.9. The van der Waals surface area contributed by atoms with E-state index < -0.39 is 5.97 Å². The average molecular weight is 317 g/mol. The summed E-state index contributed by atoms with van der Waals surface area (Å²) in [5, 5.41) is 6.88. The molecule has 2 aromatic rings. The van der Waals surface area contributed by atoms with Crippen LogP contribution >= 0.6 is 0 Å². The number of rotatable bonds is 5. The predicted molar refractivity (Wildman–Crippen MR) is 80.9 cm³/mol. The molecule has 8 nitrogen and oxygen atoms in total. The molecule has 0 aromatic carbocycles. The molecule has 0 spiro atoms. The summed E-state index contributed by atoms with van der Waals surface area (Å²) >= 11 is 0. The van der Waals surface area contributed by atoms with Gasteiger partial charge < -0.3 is 10.1 Å². The SMILES string of the molecule is Cc1cc(C)n2nc(C(=O)OCC(=O)N[C@@H](C)C3CC3)nc2n1. The van der Waals surface area contributed by atoms with E-state index in [4.69, 9.17) is 4.74 Å². The zero-order valence-electron chi connectivity index (χ0n) is 13.4. The van der Waals surface area contributed by atoms with Gasteiger partial charge >= 0.3 is 5.97 Å². The molecular formula is C15H19N5O3. The molecule has 1 saturated carbocycles. The minimum Gasteiger partial charge on any atom is -0.450 e. The lowest BCUT2D eigenvalue weighted by molar-refractivity contribution is -0.125. The third-order valence-electron chi connectivity index (χ3n) is 3.85. The Morgan fingerprint density at radius 2 is 2.13 bits per heavy atom. The summed E-state index contributed by atoms with van der Waals surface area (Å²) < 4.78 is 6.44.